The van der Waals surface area contributed by atoms with Gasteiger partial charge in [0.25, 0.3) is 0 Å². The monoisotopic (exact) mass is 319 g/mol. The fourth-order valence-corrected chi connectivity index (χ4v) is 2.25. The van der Waals surface area contributed by atoms with Crippen molar-refractivity contribution >= 4 is 11.7 Å². The molecule has 8 nitrogen and oxygen atoms in total. The van der Waals surface area contributed by atoms with Gasteiger partial charge in [0.2, 0.25) is 0 Å². The number of benzene rings is 1. The van der Waals surface area contributed by atoms with E-state index in [1.165, 1.54) is 4.68 Å². The van der Waals surface area contributed by atoms with Gasteiger partial charge in [0.05, 0.1) is 12.3 Å². The van der Waals surface area contributed by atoms with Crippen molar-refractivity contribution in [2.45, 2.75) is 39.2 Å². The van der Waals surface area contributed by atoms with Crippen LogP contribution in [0.4, 0.5) is 5.69 Å². The topological polar surface area (TPSA) is 116 Å². The van der Waals surface area contributed by atoms with E-state index < -0.39 is 12.0 Å². The Balaban J connectivity index is 2.34. The van der Waals surface area contributed by atoms with Gasteiger partial charge in [-0.3, -0.25) is 0 Å². The zero-order valence-corrected chi connectivity index (χ0v) is 13.3. The van der Waals surface area contributed by atoms with Crippen LogP contribution in [0, 0.1) is 0 Å². The van der Waals surface area contributed by atoms with Crippen LogP contribution in [0.1, 0.15) is 39.2 Å². The van der Waals surface area contributed by atoms with Crippen molar-refractivity contribution in [3.05, 3.63) is 18.2 Å². The van der Waals surface area contributed by atoms with Gasteiger partial charge >= 0.3 is 5.97 Å². The third-order valence-electron chi connectivity index (χ3n) is 3.36. The molecule has 0 aliphatic heterocycles. The molecule has 0 aliphatic carbocycles. The first-order chi connectivity index (χ1) is 11.1. The second-order valence-corrected chi connectivity index (χ2v) is 5.19. The van der Waals surface area contributed by atoms with Crippen LogP contribution in [0.5, 0.6) is 5.75 Å². The summed E-state index contributed by atoms with van der Waals surface area (Å²) < 4.78 is 6.86. The first kappa shape index (κ1) is 16.7. The minimum absolute atomic E-state index is 0.375. The van der Waals surface area contributed by atoms with Crippen LogP contribution in [-0.2, 0) is 4.79 Å². The third-order valence-corrected chi connectivity index (χ3v) is 3.36. The lowest BCUT2D eigenvalue weighted by atomic mass is 10.1. The van der Waals surface area contributed by atoms with Crippen LogP contribution < -0.4 is 10.5 Å². The predicted octanol–water partition coefficient (Wildman–Crippen LogP) is 2.14. The molecule has 0 radical (unpaired) electrons. The van der Waals surface area contributed by atoms with Crippen LogP contribution in [0.25, 0.3) is 11.4 Å². The molecule has 0 saturated heterocycles. The number of nitrogens with two attached hydrogens (primary N) is 1. The molecule has 0 spiro atoms. The Kier molecular flexibility index (Phi) is 5.51. The molecule has 8 heteroatoms. The Morgan fingerprint density at radius 2 is 2.17 bits per heavy atom. The molecule has 3 N–H and O–H groups in total. The van der Waals surface area contributed by atoms with Gasteiger partial charge in [-0.1, -0.05) is 20.3 Å². The fraction of sp³-hybridized carbons (Fsp3) is 0.467. The van der Waals surface area contributed by atoms with E-state index in [0.29, 0.717) is 42.3 Å². The SMILES string of the molecule is CCCOc1ccc(-c2nnnn2C(CCC)C(=O)O)cc1N. The molecule has 0 bridgehead atoms. The summed E-state index contributed by atoms with van der Waals surface area (Å²) in [6.45, 7) is 4.51. The predicted molar refractivity (Wildman–Crippen MR) is 85.0 cm³/mol. The van der Waals surface area contributed by atoms with Crippen LogP contribution in [0.15, 0.2) is 18.2 Å². The maximum absolute atomic E-state index is 11.4. The number of carboxylic acid groups (broad SMARTS) is 1. The highest BCUT2D eigenvalue weighted by atomic mass is 16.5. The number of carboxylic acids is 1. The maximum atomic E-state index is 11.4. The van der Waals surface area contributed by atoms with Gasteiger partial charge in [0.15, 0.2) is 11.9 Å². The summed E-state index contributed by atoms with van der Waals surface area (Å²) >= 11 is 0. The third kappa shape index (κ3) is 3.77. The summed E-state index contributed by atoms with van der Waals surface area (Å²) in [5.74, 6) is 0.00818. The van der Waals surface area contributed by atoms with Gasteiger partial charge in [0.1, 0.15) is 5.75 Å². The minimum Gasteiger partial charge on any atom is -0.491 e. The summed E-state index contributed by atoms with van der Waals surface area (Å²) in [4.78, 5) is 11.4. The van der Waals surface area contributed by atoms with Crippen molar-refractivity contribution in [2.24, 2.45) is 0 Å². The van der Waals surface area contributed by atoms with E-state index in [2.05, 4.69) is 15.5 Å². The molecule has 2 rings (SSSR count). The summed E-state index contributed by atoms with van der Waals surface area (Å²) in [6.07, 6.45) is 2.04. The Morgan fingerprint density at radius 1 is 1.39 bits per heavy atom. The van der Waals surface area contributed by atoms with Crippen molar-refractivity contribution in [3.8, 4) is 17.1 Å². The molecule has 1 aromatic heterocycles. The molecule has 0 saturated carbocycles. The zero-order chi connectivity index (χ0) is 16.8. The molecule has 1 aromatic carbocycles. The molecule has 0 fully saturated rings. The Bertz CT molecular complexity index is 671. The van der Waals surface area contributed by atoms with E-state index >= 15 is 0 Å². The number of anilines is 1. The number of nitrogens with zero attached hydrogens (tertiary/aromatic N) is 4. The van der Waals surface area contributed by atoms with E-state index in [9.17, 15) is 9.90 Å². The summed E-state index contributed by atoms with van der Waals surface area (Å²) in [7, 11) is 0. The van der Waals surface area contributed by atoms with Gasteiger partial charge in [-0.25, -0.2) is 9.48 Å². The quantitative estimate of drug-likeness (QED) is 0.716. The van der Waals surface area contributed by atoms with Crippen molar-refractivity contribution in [1.29, 1.82) is 0 Å². The Morgan fingerprint density at radius 3 is 2.78 bits per heavy atom. The fourth-order valence-electron chi connectivity index (χ4n) is 2.25. The van der Waals surface area contributed by atoms with E-state index in [1.54, 1.807) is 18.2 Å². The Labute approximate surface area is 134 Å². The van der Waals surface area contributed by atoms with Crippen LogP contribution in [0.2, 0.25) is 0 Å². The largest absolute Gasteiger partial charge is 0.491 e. The number of hydrogen-bond acceptors (Lipinski definition) is 6. The van der Waals surface area contributed by atoms with Crippen LogP contribution in [0.3, 0.4) is 0 Å². The highest BCUT2D eigenvalue weighted by Gasteiger charge is 2.24. The number of rotatable bonds is 8. The molecule has 23 heavy (non-hydrogen) atoms. The normalized spacial score (nSPS) is 12.1. The van der Waals surface area contributed by atoms with Crippen molar-refractivity contribution in [2.75, 3.05) is 12.3 Å². The lowest BCUT2D eigenvalue weighted by Gasteiger charge is -2.14. The maximum Gasteiger partial charge on any atom is 0.328 e. The van der Waals surface area contributed by atoms with Gasteiger partial charge in [-0.05, 0) is 41.5 Å². The molecule has 1 heterocycles. The number of tetrazole rings is 1. The number of aliphatic carboxylic acids is 1. The molecule has 1 unspecified atom stereocenters. The van der Waals surface area contributed by atoms with E-state index in [-0.39, 0.29) is 0 Å². The molecular weight excluding hydrogens is 298 g/mol. The van der Waals surface area contributed by atoms with Gasteiger partial charge in [-0.15, -0.1) is 5.10 Å². The second-order valence-electron chi connectivity index (χ2n) is 5.19. The number of aromatic nitrogens is 4. The lowest BCUT2D eigenvalue weighted by Crippen LogP contribution is -2.21. The molecule has 0 amide bonds. The molecule has 1 atom stereocenters. The molecular formula is C15H21N5O3. The average molecular weight is 319 g/mol. The van der Waals surface area contributed by atoms with Gasteiger partial charge in [0, 0.05) is 5.56 Å². The zero-order valence-electron chi connectivity index (χ0n) is 13.3. The first-order valence-corrected chi connectivity index (χ1v) is 7.61. The number of ether oxygens (including phenoxy) is 1. The first-order valence-electron chi connectivity index (χ1n) is 7.61. The second kappa shape index (κ2) is 7.57. The summed E-state index contributed by atoms with van der Waals surface area (Å²) in [6, 6.07) is 4.41. The minimum atomic E-state index is -0.962. The number of nitrogen functional groups attached to an aromatic ring is 1. The van der Waals surface area contributed by atoms with Crippen molar-refractivity contribution < 1.29 is 14.6 Å². The average Bonchev–Trinajstić information content (AvgIpc) is 3.00. The van der Waals surface area contributed by atoms with Gasteiger partial charge in [-0.2, -0.15) is 0 Å². The summed E-state index contributed by atoms with van der Waals surface area (Å²) in [5.41, 5.74) is 7.11. The molecule has 124 valence electrons. The molecule has 2 aromatic rings. The van der Waals surface area contributed by atoms with Crippen LogP contribution in [-0.4, -0.2) is 37.9 Å². The van der Waals surface area contributed by atoms with E-state index in [4.69, 9.17) is 10.5 Å². The van der Waals surface area contributed by atoms with Crippen LogP contribution >= 0.6 is 0 Å². The van der Waals surface area contributed by atoms with E-state index in [0.717, 1.165) is 6.42 Å². The smallest absolute Gasteiger partial charge is 0.328 e. The van der Waals surface area contributed by atoms with Gasteiger partial charge < -0.3 is 15.6 Å². The highest BCUT2D eigenvalue weighted by Crippen LogP contribution is 2.29. The van der Waals surface area contributed by atoms with Crippen molar-refractivity contribution in [3.63, 3.8) is 0 Å². The number of hydrogen-bond donors (Lipinski definition) is 2. The summed E-state index contributed by atoms with van der Waals surface area (Å²) in [5, 5.41) is 20.8. The number of carbonyl (C=O) groups is 1. The molecule has 0 aliphatic rings. The Hall–Kier alpha value is -2.64. The standard InChI is InChI=1S/C15H21N5O3/c1-3-5-12(15(21)22)20-14(17-18-19-20)10-6-7-13(11(16)9-10)23-8-4-2/h6-7,9,12H,3-5,8,16H2,1-2H3,(H,21,22). The van der Waals surface area contributed by atoms with Crippen molar-refractivity contribution in [1.82, 2.24) is 20.2 Å². The van der Waals surface area contributed by atoms with E-state index in [1.807, 2.05) is 13.8 Å². The highest BCUT2D eigenvalue weighted by molar-refractivity contribution is 5.73. The lowest BCUT2D eigenvalue weighted by molar-refractivity contribution is -0.141.